The molecular weight excluding hydrogens is 208 g/mol. The molecule has 4 unspecified atom stereocenters. The van der Waals surface area contributed by atoms with Gasteiger partial charge < -0.3 is 5.73 Å². The molecule has 1 aliphatic carbocycles. The first-order valence-corrected chi connectivity index (χ1v) is 7.26. The Morgan fingerprint density at radius 1 is 1.12 bits per heavy atom. The zero-order valence-electron chi connectivity index (χ0n) is 12.3. The average molecular weight is 238 g/mol. The predicted octanol–water partition coefficient (Wildman–Crippen LogP) is 2.73. The molecule has 1 saturated carbocycles. The number of rotatable bonds is 2. The average Bonchev–Trinajstić information content (AvgIpc) is 2.66. The molecule has 0 aromatic rings. The van der Waals surface area contributed by atoms with Gasteiger partial charge in [-0.1, -0.05) is 34.6 Å². The molecule has 4 atom stereocenters. The van der Waals surface area contributed by atoms with E-state index in [-0.39, 0.29) is 5.54 Å². The first kappa shape index (κ1) is 13.4. The van der Waals surface area contributed by atoms with Crippen LogP contribution in [0.5, 0.6) is 0 Å². The van der Waals surface area contributed by atoms with E-state index in [1.54, 1.807) is 0 Å². The van der Waals surface area contributed by atoms with E-state index >= 15 is 0 Å². The lowest BCUT2D eigenvalue weighted by atomic mass is 9.85. The molecule has 0 aromatic carbocycles. The Morgan fingerprint density at radius 2 is 1.65 bits per heavy atom. The Morgan fingerprint density at radius 3 is 2.00 bits per heavy atom. The topological polar surface area (TPSA) is 29.3 Å². The van der Waals surface area contributed by atoms with Crippen molar-refractivity contribution in [3.05, 3.63) is 0 Å². The van der Waals surface area contributed by atoms with Crippen LogP contribution in [0, 0.1) is 23.2 Å². The van der Waals surface area contributed by atoms with Gasteiger partial charge in [-0.15, -0.1) is 0 Å². The van der Waals surface area contributed by atoms with Gasteiger partial charge in [0.25, 0.3) is 0 Å². The molecule has 2 nitrogen and oxygen atoms in total. The Hall–Kier alpha value is -0.0800. The molecule has 0 aromatic heterocycles. The van der Waals surface area contributed by atoms with Crippen LogP contribution in [0.2, 0.25) is 0 Å². The minimum Gasteiger partial charge on any atom is -0.329 e. The van der Waals surface area contributed by atoms with Gasteiger partial charge in [0.2, 0.25) is 0 Å². The fourth-order valence-electron chi connectivity index (χ4n) is 4.41. The lowest BCUT2D eigenvalue weighted by Gasteiger charge is -2.42. The summed E-state index contributed by atoms with van der Waals surface area (Å²) in [5, 5.41) is 0. The molecule has 2 heteroatoms. The highest BCUT2D eigenvalue weighted by Crippen LogP contribution is 2.51. The van der Waals surface area contributed by atoms with E-state index in [0.29, 0.717) is 5.41 Å². The first-order chi connectivity index (χ1) is 7.81. The molecule has 100 valence electrons. The van der Waals surface area contributed by atoms with E-state index in [0.717, 1.165) is 24.3 Å². The van der Waals surface area contributed by atoms with Gasteiger partial charge in [0.1, 0.15) is 0 Å². The second-order valence-electron chi connectivity index (χ2n) is 7.61. The molecule has 2 fully saturated rings. The molecule has 1 saturated heterocycles. The van der Waals surface area contributed by atoms with Crippen molar-refractivity contribution in [1.29, 1.82) is 0 Å². The number of nitrogens with zero attached hydrogens (tertiary/aromatic N) is 1. The SMILES string of the molecule is CC1CN(C2(CN)CC(C)(C)CC2C)CC1C. The van der Waals surface area contributed by atoms with E-state index in [4.69, 9.17) is 5.73 Å². The van der Waals surface area contributed by atoms with Crippen LogP contribution in [0.3, 0.4) is 0 Å². The monoisotopic (exact) mass is 238 g/mol. The smallest absolute Gasteiger partial charge is 0.0362 e. The zero-order chi connectivity index (χ0) is 12.8. The molecule has 0 amide bonds. The van der Waals surface area contributed by atoms with Gasteiger partial charge in [0.15, 0.2) is 0 Å². The van der Waals surface area contributed by atoms with Crippen LogP contribution in [0.4, 0.5) is 0 Å². The Bertz CT molecular complexity index is 277. The molecular formula is C15H30N2. The molecule has 17 heavy (non-hydrogen) atoms. The second kappa shape index (κ2) is 4.24. The van der Waals surface area contributed by atoms with Gasteiger partial charge >= 0.3 is 0 Å². The van der Waals surface area contributed by atoms with Crippen molar-refractivity contribution in [2.75, 3.05) is 19.6 Å². The van der Waals surface area contributed by atoms with Crippen molar-refractivity contribution >= 4 is 0 Å². The highest BCUT2D eigenvalue weighted by molar-refractivity contribution is 5.07. The third-order valence-electron chi connectivity index (χ3n) is 5.53. The van der Waals surface area contributed by atoms with Crippen LogP contribution < -0.4 is 5.73 Å². The molecule has 0 bridgehead atoms. The normalized spacial score (nSPS) is 46.6. The summed E-state index contributed by atoms with van der Waals surface area (Å²) in [4.78, 5) is 2.72. The fourth-order valence-corrected chi connectivity index (χ4v) is 4.41. The standard InChI is InChI=1S/C15H30N2/c1-11-7-17(8-12(11)2)15(10-16)9-14(4,5)6-13(15)3/h11-13H,6-10,16H2,1-5H3. The summed E-state index contributed by atoms with van der Waals surface area (Å²) < 4.78 is 0. The minimum absolute atomic E-state index is 0.280. The molecule has 0 spiro atoms. The first-order valence-electron chi connectivity index (χ1n) is 7.26. The lowest BCUT2D eigenvalue weighted by Crippen LogP contribution is -2.55. The van der Waals surface area contributed by atoms with E-state index < -0.39 is 0 Å². The molecule has 2 rings (SSSR count). The Labute approximate surface area is 107 Å². The molecule has 2 aliphatic rings. The molecule has 2 N–H and O–H groups in total. The quantitative estimate of drug-likeness (QED) is 0.801. The van der Waals surface area contributed by atoms with Crippen molar-refractivity contribution < 1.29 is 0 Å². The van der Waals surface area contributed by atoms with Gasteiger partial charge in [-0.3, -0.25) is 4.90 Å². The zero-order valence-corrected chi connectivity index (χ0v) is 12.3. The van der Waals surface area contributed by atoms with E-state index in [2.05, 4.69) is 39.5 Å². The van der Waals surface area contributed by atoms with Gasteiger partial charge in [0.05, 0.1) is 0 Å². The summed E-state index contributed by atoms with van der Waals surface area (Å²) in [6, 6.07) is 0. The van der Waals surface area contributed by atoms with E-state index in [9.17, 15) is 0 Å². The second-order valence-corrected chi connectivity index (χ2v) is 7.61. The Balaban J connectivity index is 2.21. The van der Waals surface area contributed by atoms with E-state index in [1.807, 2.05) is 0 Å². The largest absolute Gasteiger partial charge is 0.329 e. The van der Waals surface area contributed by atoms with Crippen LogP contribution >= 0.6 is 0 Å². The summed E-state index contributed by atoms with van der Waals surface area (Å²) >= 11 is 0. The summed E-state index contributed by atoms with van der Waals surface area (Å²) in [6.45, 7) is 15.3. The molecule has 1 aliphatic heterocycles. The number of nitrogens with two attached hydrogens (primary N) is 1. The number of likely N-dealkylation sites (tertiary alicyclic amines) is 1. The minimum atomic E-state index is 0.280. The van der Waals surface area contributed by atoms with Crippen molar-refractivity contribution in [3.63, 3.8) is 0 Å². The summed E-state index contributed by atoms with van der Waals surface area (Å²) in [5.74, 6) is 2.39. The maximum Gasteiger partial charge on any atom is 0.0362 e. The van der Waals surface area contributed by atoms with Gasteiger partial charge in [0, 0.05) is 25.2 Å². The number of hydrogen-bond acceptors (Lipinski definition) is 2. The van der Waals surface area contributed by atoms with Crippen LogP contribution in [0.15, 0.2) is 0 Å². The lowest BCUT2D eigenvalue weighted by molar-refractivity contribution is 0.0783. The maximum absolute atomic E-state index is 6.21. The van der Waals surface area contributed by atoms with Crippen LogP contribution in [-0.2, 0) is 0 Å². The predicted molar refractivity (Wildman–Crippen MR) is 73.9 cm³/mol. The van der Waals surface area contributed by atoms with Crippen molar-refractivity contribution in [1.82, 2.24) is 4.90 Å². The third-order valence-corrected chi connectivity index (χ3v) is 5.53. The van der Waals surface area contributed by atoms with Gasteiger partial charge in [-0.25, -0.2) is 0 Å². The van der Waals surface area contributed by atoms with Crippen molar-refractivity contribution in [2.45, 2.75) is 53.0 Å². The van der Waals surface area contributed by atoms with Gasteiger partial charge in [-0.05, 0) is 36.0 Å². The Kier molecular flexibility index (Phi) is 3.33. The highest BCUT2D eigenvalue weighted by atomic mass is 15.2. The summed E-state index contributed by atoms with van der Waals surface area (Å²) in [5.41, 5.74) is 6.96. The molecule has 0 radical (unpaired) electrons. The summed E-state index contributed by atoms with van der Waals surface area (Å²) in [6.07, 6.45) is 2.60. The van der Waals surface area contributed by atoms with Crippen LogP contribution in [0.25, 0.3) is 0 Å². The fraction of sp³-hybridized carbons (Fsp3) is 1.00. The third kappa shape index (κ3) is 2.15. The van der Waals surface area contributed by atoms with Crippen molar-refractivity contribution in [2.24, 2.45) is 28.9 Å². The summed E-state index contributed by atoms with van der Waals surface area (Å²) in [7, 11) is 0. The van der Waals surface area contributed by atoms with Crippen LogP contribution in [-0.4, -0.2) is 30.1 Å². The van der Waals surface area contributed by atoms with Crippen LogP contribution in [0.1, 0.15) is 47.5 Å². The number of hydrogen-bond donors (Lipinski definition) is 1. The highest BCUT2D eigenvalue weighted by Gasteiger charge is 2.52. The van der Waals surface area contributed by atoms with Crippen molar-refractivity contribution in [3.8, 4) is 0 Å². The van der Waals surface area contributed by atoms with Gasteiger partial charge in [-0.2, -0.15) is 0 Å². The maximum atomic E-state index is 6.21. The van der Waals surface area contributed by atoms with E-state index in [1.165, 1.54) is 25.9 Å². The molecule has 1 heterocycles.